The quantitative estimate of drug-likeness (QED) is 0.636. The third-order valence-corrected chi connectivity index (χ3v) is 2.81. The SMILES string of the molecule is C[C@H]1C[C@@](C)(c2ccccc2)OC1=O. The predicted molar refractivity (Wildman–Crippen MR) is 53.7 cm³/mol. The van der Waals surface area contributed by atoms with E-state index in [-0.39, 0.29) is 11.9 Å². The van der Waals surface area contributed by atoms with Crippen LogP contribution >= 0.6 is 0 Å². The summed E-state index contributed by atoms with van der Waals surface area (Å²) in [6, 6.07) is 9.92. The molecule has 0 bridgehead atoms. The lowest BCUT2D eigenvalue weighted by Crippen LogP contribution is -2.20. The van der Waals surface area contributed by atoms with Gasteiger partial charge in [-0.05, 0) is 12.5 Å². The number of cyclic esters (lactones) is 1. The molecule has 1 aromatic rings. The fraction of sp³-hybridized carbons (Fsp3) is 0.417. The van der Waals surface area contributed by atoms with Crippen LogP contribution in [-0.4, -0.2) is 5.97 Å². The van der Waals surface area contributed by atoms with Crippen molar-refractivity contribution in [2.45, 2.75) is 25.9 Å². The summed E-state index contributed by atoms with van der Waals surface area (Å²) in [6.07, 6.45) is 0.774. The van der Waals surface area contributed by atoms with Gasteiger partial charge in [-0.2, -0.15) is 0 Å². The first-order chi connectivity index (χ1) is 6.62. The lowest BCUT2D eigenvalue weighted by atomic mass is 9.90. The summed E-state index contributed by atoms with van der Waals surface area (Å²) in [4.78, 5) is 11.3. The Hall–Kier alpha value is -1.31. The number of hydrogen-bond acceptors (Lipinski definition) is 2. The van der Waals surface area contributed by atoms with Gasteiger partial charge in [0.05, 0.1) is 5.92 Å². The zero-order valence-corrected chi connectivity index (χ0v) is 8.49. The van der Waals surface area contributed by atoms with Gasteiger partial charge in [-0.3, -0.25) is 4.79 Å². The molecule has 1 heterocycles. The molecule has 1 fully saturated rings. The summed E-state index contributed by atoms with van der Waals surface area (Å²) in [7, 11) is 0. The molecule has 2 rings (SSSR count). The normalized spacial score (nSPS) is 31.6. The van der Waals surface area contributed by atoms with Crippen LogP contribution in [0, 0.1) is 5.92 Å². The van der Waals surface area contributed by atoms with Gasteiger partial charge in [-0.25, -0.2) is 0 Å². The third-order valence-electron chi connectivity index (χ3n) is 2.81. The molecular weight excluding hydrogens is 176 g/mol. The van der Waals surface area contributed by atoms with Crippen LogP contribution in [0.5, 0.6) is 0 Å². The van der Waals surface area contributed by atoms with Crippen molar-refractivity contribution in [1.82, 2.24) is 0 Å². The molecule has 0 spiro atoms. The topological polar surface area (TPSA) is 26.3 Å². The van der Waals surface area contributed by atoms with Gasteiger partial charge < -0.3 is 4.74 Å². The molecular formula is C12H14O2. The maximum absolute atomic E-state index is 11.3. The monoisotopic (exact) mass is 190 g/mol. The molecule has 2 heteroatoms. The molecule has 1 saturated heterocycles. The van der Waals surface area contributed by atoms with Crippen molar-refractivity contribution >= 4 is 5.97 Å². The second-order valence-electron chi connectivity index (χ2n) is 4.12. The van der Waals surface area contributed by atoms with Crippen LogP contribution in [0.15, 0.2) is 30.3 Å². The largest absolute Gasteiger partial charge is 0.454 e. The maximum Gasteiger partial charge on any atom is 0.309 e. The maximum atomic E-state index is 11.3. The molecule has 0 aliphatic carbocycles. The van der Waals surface area contributed by atoms with E-state index in [9.17, 15) is 4.79 Å². The molecule has 0 amide bonds. The number of rotatable bonds is 1. The summed E-state index contributed by atoms with van der Waals surface area (Å²) < 4.78 is 5.41. The Kier molecular flexibility index (Phi) is 2.06. The van der Waals surface area contributed by atoms with Crippen LogP contribution in [0.1, 0.15) is 25.8 Å². The van der Waals surface area contributed by atoms with Crippen molar-refractivity contribution in [3.05, 3.63) is 35.9 Å². The Morgan fingerprint density at radius 3 is 2.50 bits per heavy atom. The van der Waals surface area contributed by atoms with E-state index in [1.807, 2.05) is 44.2 Å². The van der Waals surface area contributed by atoms with Gasteiger partial charge in [-0.1, -0.05) is 37.3 Å². The van der Waals surface area contributed by atoms with Crippen molar-refractivity contribution in [3.63, 3.8) is 0 Å². The summed E-state index contributed by atoms with van der Waals surface area (Å²) >= 11 is 0. The molecule has 1 aromatic carbocycles. The van der Waals surface area contributed by atoms with Gasteiger partial charge in [0.2, 0.25) is 0 Å². The van der Waals surface area contributed by atoms with E-state index in [0.29, 0.717) is 0 Å². The molecule has 0 radical (unpaired) electrons. The van der Waals surface area contributed by atoms with Gasteiger partial charge in [-0.15, -0.1) is 0 Å². The van der Waals surface area contributed by atoms with Gasteiger partial charge in [0, 0.05) is 6.42 Å². The second-order valence-corrected chi connectivity index (χ2v) is 4.12. The van der Waals surface area contributed by atoms with Crippen LogP contribution < -0.4 is 0 Å². The highest BCUT2D eigenvalue weighted by atomic mass is 16.6. The summed E-state index contributed by atoms with van der Waals surface area (Å²) in [6.45, 7) is 3.89. The van der Waals surface area contributed by atoms with Crippen molar-refractivity contribution in [2.75, 3.05) is 0 Å². The molecule has 2 atom stereocenters. The fourth-order valence-electron chi connectivity index (χ4n) is 2.00. The molecule has 14 heavy (non-hydrogen) atoms. The molecule has 74 valence electrons. The van der Waals surface area contributed by atoms with E-state index >= 15 is 0 Å². The summed E-state index contributed by atoms with van der Waals surface area (Å²) in [5, 5.41) is 0. The molecule has 2 nitrogen and oxygen atoms in total. The first-order valence-electron chi connectivity index (χ1n) is 4.90. The average Bonchev–Trinajstić information content (AvgIpc) is 2.44. The minimum absolute atomic E-state index is 0.0141. The van der Waals surface area contributed by atoms with E-state index in [1.54, 1.807) is 0 Å². The van der Waals surface area contributed by atoms with Crippen LogP contribution in [0.3, 0.4) is 0 Å². The third kappa shape index (κ3) is 1.41. The predicted octanol–water partition coefficient (Wildman–Crippen LogP) is 2.48. The van der Waals surface area contributed by atoms with Crippen LogP contribution in [-0.2, 0) is 15.1 Å². The van der Waals surface area contributed by atoms with Crippen molar-refractivity contribution in [2.24, 2.45) is 5.92 Å². The Morgan fingerprint density at radius 2 is 2.00 bits per heavy atom. The van der Waals surface area contributed by atoms with E-state index in [4.69, 9.17) is 4.74 Å². The Bertz CT molecular complexity index is 345. The van der Waals surface area contributed by atoms with Gasteiger partial charge in [0.25, 0.3) is 0 Å². The van der Waals surface area contributed by atoms with E-state index in [0.717, 1.165) is 12.0 Å². The highest BCUT2D eigenvalue weighted by Crippen LogP contribution is 2.38. The highest BCUT2D eigenvalue weighted by Gasteiger charge is 2.42. The number of carbonyl (C=O) groups is 1. The number of esters is 1. The lowest BCUT2D eigenvalue weighted by Gasteiger charge is -2.22. The number of carbonyl (C=O) groups excluding carboxylic acids is 1. The lowest BCUT2D eigenvalue weighted by molar-refractivity contribution is -0.149. The standard InChI is InChI=1S/C12H14O2/c1-9-8-12(2,14-11(9)13)10-6-4-3-5-7-10/h3-7,9H,8H2,1-2H3/t9-,12-/m0/s1. The zero-order chi connectivity index (χ0) is 10.2. The molecule has 1 aliphatic heterocycles. The van der Waals surface area contributed by atoms with Gasteiger partial charge >= 0.3 is 5.97 Å². The number of ether oxygens (including phenoxy) is 1. The van der Waals surface area contributed by atoms with E-state index in [2.05, 4.69) is 0 Å². The minimum atomic E-state index is -0.419. The first-order valence-corrected chi connectivity index (χ1v) is 4.90. The highest BCUT2D eigenvalue weighted by molar-refractivity contribution is 5.75. The Balaban J connectivity index is 2.31. The van der Waals surface area contributed by atoms with Crippen LogP contribution in [0.25, 0.3) is 0 Å². The van der Waals surface area contributed by atoms with E-state index < -0.39 is 5.60 Å². The number of benzene rings is 1. The summed E-state index contributed by atoms with van der Waals surface area (Å²) in [5.74, 6) is -0.0726. The van der Waals surface area contributed by atoms with Crippen molar-refractivity contribution < 1.29 is 9.53 Å². The Labute approximate surface area is 83.9 Å². The first kappa shape index (κ1) is 9.25. The molecule has 0 saturated carbocycles. The van der Waals surface area contributed by atoms with Crippen LogP contribution in [0.4, 0.5) is 0 Å². The minimum Gasteiger partial charge on any atom is -0.454 e. The number of hydrogen-bond donors (Lipinski definition) is 0. The Morgan fingerprint density at radius 1 is 1.36 bits per heavy atom. The molecule has 0 unspecified atom stereocenters. The fourth-order valence-corrected chi connectivity index (χ4v) is 2.00. The molecule has 0 aromatic heterocycles. The second kappa shape index (κ2) is 3.12. The van der Waals surface area contributed by atoms with Crippen LogP contribution in [0.2, 0.25) is 0 Å². The van der Waals surface area contributed by atoms with Gasteiger partial charge in [0.15, 0.2) is 0 Å². The summed E-state index contributed by atoms with van der Waals surface area (Å²) in [5.41, 5.74) is 0.662. The van der Waals surface area contributed by atoms with Gasteiger partial charge in [0.1, 0.15) is 5.60 Å². The smallest absolute Gasteiger partial charge is 0.309 e. The average molecular weight is 190 g/mol. The van der Waals surface area contributed by atoms with E-state index in [1.165, 1.54) is 0 Å². The molecule has 0 N–H and O–H groups in total. The van der Waals surface area contributed by atoms with Crippen molar-refractivity contribution in [1.29, 1.82) is 0 Å². The van der Waals surface area contributed by atoms with Crippen molar-refractivity contribution in [3.8, 4) is 0 Å². The molecule has 1 aliphatic rings. The zero-order valence-electron chi connectivity index (χ0n) is 8.49.